The standard InChI is InChI=1S/C14H29NO/c1-7-14(8-2,15(9-3)10-4)13(16)11-12(5)6/h13,16H,5,7-11H2,1-4,6H3. The Hall–Kier alpha value is -0.340. The zero-order valence-corrected chi connectivity index (χ0v) is 11.7. The van der Waals surface area contributed by atoms with Crippen LogP contribution in [0.4, 0.5) is 0 Å². The zero-order chi connectivity index (χ0) is 12.8. The molecular weight excluding hydrogens is 198 g/mol. The molecule has 0 heterocycles. The predicted molar refractivity (Wildman–Crippen MR) is 71.7 cm³/mol. The minimum Gasteiger partial charge on any atom is -0.391 e. The van der Waals surface area contributed by atoms with Crippen molar-refractivity contribution in [3.8, 4) is 0 Å². The molecule has 0 aliphatic carbocycles. The fourth-order valence-corrected chi connectivity index (χ4v) is 2.75. The van der Waals surface area contributed by atoms with Gasteiger partial charge in [0.05, 0.1) is 6.10 Å². The monoisotopic (exact) mass is 227 g/mol. The van der Waals surface area contributed by atoms with E-state index < -0.39 is 0 Å². The van der Waals surface area contributed by atoms with Crippen LogP contribution in [0.25, 0.3) is 0 Å². The zero-order valence-electron chi connectivity index (χ0n) is 11.7. The van der Waals surface area contributed by atoms with E-state index in [1.54, 1.807) is 0 Å². The van der Waals surface area contributed by atoms with Crippen molar-refractivity contribution in [3.05, 3.63) is 12.2 Å². The molecule has 0 bridgehead atoms. The lowest BCUT2D eigenvalue weighted by Gasteiger charge is -2.46. The highest BCUT2D eigenvalue weighted by molar-refractivity contribution is 5.01. The Balaban J connectivity index is 4.97. The molecule has 0 aliphatic rings. The molecule has 0 aromatic heterocycles. The SMILES string of the molecule is C=C(C)CC(O)C(CC)(CC)N(CC)CC. The van der Waals surface area contributed by atoms with Crippen LogP contribution in [0.2, 0.25) is 0 Å². The van der Waals surface area contributed by atoms with E-state index in [9.17, 15) is 5.11 Å². The van der Waals surface area contributed by atoms with E-state index in [1.165, 1.54) is 0 Å². The first kappa shape index (κ1) is 15.7. The Kier molecular flexibility index (Phi) is 6.93. The van der Waals surface area contributed by atoms with E-state index in [-0.39, 0.29) is 11.6 Å². The Morgan fingerprint density at radius 1 is 1.19 bits per heavy atom. The third kappa shape index (κ3) is 3.33. The van der Waals surface area contributed by atoms with Crippen molar-refractivity contribution in [2.45, 2.75) is 65.5 Å². The van der Waals surface area contributed by atoms with Crippen LogP contribution in [0.15, 0.2) is 12.2 Å². The minimum atomic E-state index is -0.306. The average Bonchev–Trinajstić information content (AvgIpc) is 2.24. The fraction of sp³-hybridized carbons (Fsp3) is 0.857. The summed E-state index contributed by atoms with van der Waals surface area (Å²) >= 11 is 0. The number of nitrogens with zero attached hydrogens (tertiary/aromatic N) is 1. The highest BCUT2D eigenvalue weighted by Crippen LogP contribution is 2.30. The van der Waals surface area contributed by atoms with Crippen molar-refractivity contribution >= 4 is 0 Å². The molecule has 0 aromatic rings. The van der Waals surface area contributed by atoms with Gasteiger partial charge in [0.15, 0.2) is 0 Å². The van der Waals surface area contributed by atoms with Gasteiger partial charge in [-0.1, -0.05) is 33.3 Å². The van der Waals surface area contributed by atoms with Crippen molar-refractivity contribution in [1.82, 2.24) is 4.90 Å². The van der Waals surface area contributed by atoms with Crippen LogP contribution in [0.3, 0.4) is 0 Å². The molecule has 16 heavy (non-hydrogen) atoms. The lowest BCUT2D eigenvalue weighted by Crippen LogP contribution is -2.56. The molecule has 2 nitrogen and oxygen atoms in total. The van der Waals surface area contributed by atoms with Crippen LogP contribution in [0.1, 0.15) is 53.9 Å². The van der Waals surface area contributed by atoms with Gasteiger partial charge in [0.1, 0.15) is 0 Å². The Labute approximate surface area is 101 Å². The smallest absolute Gasteiger partial charge is 0.0760 e. The van der Waals surface area contributed by atoms with Crippen LogP contribution in [0.5, 0.6) is 0 Å². The molecule has 0 aliphatic heterocycles. The van der Waals surface area contributed by atoms with Gasteiger partial charge in [-0.2, -0.15) is 0 Å². The van der Waals surface area contributed by atoms with Crippen molar-refractivity contribution in [2.75, 3.05) is 13.1 Å². The molecule has 0 saturated heterocycles. The maximum atomic E-state index is 10.5. The maximum absolute atomic E-state index is 10.5. The quantitative estimate of drug-likeness (QED) is 0.644. The number of likely N-dealkylation sites (N-methyl/N-ethyl adjacent to an activating group) is 1. The molecule has 2 heteroatoms. The van der Waals surface area contributed by atoms with Gasteiger partial charge in [0.2, 0.25) is 0 Å². The van der Waals surface area contributed by atoms with E-state index in [2.05, 4.69) is 39.2 Å². The first-order valence-corrected chi connectivity index (χ1v) is 6.55. The normalized spacial score (nSPS) is 14.2. The van der Waals surface area contributed by atoms with E-state index >= 15 is 0 Å². The summed E-state index contributed by atoms with van der Waals surface area (Å²) in [7, 11) is 0. The Bertz CT molecular complexity index is 205. The number of aliphatic hydroxyl groups excluding tert-OH is 1. The summed E-state index contributed by atoms with van der Waals surface area (Å²) in [6, 6.07) is 0. The molecule has 0 spiro atoms. The average molecular weight is 227 g/mol. The lowest BCUT2D eigenvalue weighted by molar-refractivity contribution is -0.0339. The number of hydrogen-bond acceptors (Lipinski definition) is 2. The summed E-state index contributed by atoms with van der Waals surface area (Å²) < 4.78 is 0. The van der Waals surface area contributed by atoms with Crippen LogP contribution in [-0.2, 0) is 0 Å². The summed E-state index contributed by atoms with van der Waals surface area (Å²) in [6.07, 6.45) is 2.37. The second-order valence-corrected chi connectivity index (χ2v) is 4.66. The number of rotatable bonds is 8. The van der Waals surface area contributed by atoms with Gasteiger partial charge in [0.25, 0.3) is 0 Å². The third-order valence-corrected chi connectivity index (χ3v) is 3.78. The third-order valence-electron chi connectivity index (χ3n) is 3.78. The number of aliphatic hydroxyl groups is 1. The van der Waals surface area contributed by atoms with Crippen molar-refractivity contribution in [1.29, 1.82) is 0 Å². The molecular formula is C14H29NO. The molecule has 96 valence electrons. The number of hydrogen-bond donors (Lipinski definition) is 1. The molecule has 0 fully saturated rings. The highest BCUT2D eigenvalue weighted by atomic mass is 16.3. The largest absolute Gasteiger partial charge is 0.391 e. The van der Waals surface area contributed by atoms with Gasteiger partial charge in [-0.05, 0) is 39.3 Å². The summed E-state index contributed by atoms with van der Waals surface area (Å²) in [6.45, 7) is 16.5. The molecule has 0 rings (SSSR count). The Morgan fingerprint density at radius 3 is 1.88 bits per heavy atom. The van der Waals surface area contributed by atoms with Crippen LogP contribution in [-0.4, -0.2) is 34.7 Å². The van der Waals surface area contributed by atoms with Gasteiger partial charge in [0, 0.05) is 5.54 Å². The predicted octanol–water partition coefficient (Wildman–Crippen LogP) is 3.21. The van der Waals surface area contributed by atoms with Crippen LogP contribution in [0, 0.1) is 0 Å². The summed E-state index contributed by atoms with van der Waals surface area (Å²) in [5.74, 6) is 0. The molecule has 1 N–H and O–H groups in total. The van der Waals surface area contributed by atoms with Crippen molar-refractivity contribution < 1.29 is 5.11 Å². The van der Waals surface area contributed by atoms with E-state index in [0.717, 1.165) is 31.5 Å². The molecule has 1 unspecified atom stereocenters. The van der Waals surface area contributed by atoms with E-state index in [4.69, 9.17) is 0 Å². The van der Waals surface area contributed by atoms with Gasteiger partial charge < -0.3 is 5.11 Å². The first-order valence-electron chi connectivity index (χ1n) is 6.55. The minimum absolute atomic E-state index is 0.0809. The summed E-state index contributed by atoms with van der Waals surface area (Å²) in [5.41, 5.74) is 0.980. The molecule has 0 saturated carbocycles. The van der Waals surface area contributed by atoms with Gasteiger partial charge >= 0.3 is 0 Å². The second-order valence-electron chi connectivity index (χ2n) is 4.66. The van der Waals surface area contributed by atoms with Crippen molar-refractivity contribution in [3.63, 3.8) is 0 Å². The van der Waals surface area contributed by atoms with Gasteiger partial charge in [-0.25, -0.2) is 0 Å². The van der Waals surface area contributed by atoms with Gasteiger partial charge in [-0.15, -0.1) is 6.58 Å². The van der Waals surface area contributed by atoms with Crippen molar-refractivity contribution in [2.24, 2.45) is 0 Å². The molecule has 0 amide bonds. The van der Waals surface area contributed by atoms with Crippen LogP contribution < -0.4 is 0 Å². The fourth-order valence-electron chi connectivity index (χ4n) is 2.75. The molecule has 1 atom stereocenters. The summed E-state index contributed by atoms with van der Waals surface area (Å²) in [5, 5.41) is 10.5. The van der Waals surface area contributed by atoms with E-state index in [0.29, 0.717) is 6.42 Å². The lowest BCUT2D eigenvalue weighted by atomic mass is 9.81. The molecule has 0 radical (unpaired) electrons. The van der Waals surface area contributed by atoms with E-state index in [1.807, 2.05) is 6.92 Å². The molecule has 0 aromatic carbocycles. The second kappa shape index (κ2) is 7.08. The summed E-state index contributed by atoms with van der Waals surface area (Å²) in [4.78, 5) is 2.39. The maximum Gasteiger partial charge on any atom is 0.0760 e. The topological polar surface area (TPSA) is 23.5 Å². The van der Waals surface area contributed by atoms with Crippen LogP contribution >= 0.6 is 0 Å². The Morgan fingerprint density at radius 2 is 1.62 bits per heavy atom. The highest BCUT2D eigenvalue weighted by Gasteiger charge is 2.38. The first-order chi connectivity index (χ1) is 7.48. The van der Waals surface area contributed by atoms with Gasteiger partial charge in [-0.3, -0.25) is 4.90 Å².